The van der Waals surface area contributed by atoms with Gasteiger partial charge in [-0.2, -0.15) is 0 Å². The van der Waals surface area contributed by atoms with Crippen molar-refractivity contribution < 1.29 is 85.7 Å². The maximum absolute atomic E-state index is 14.5. The minimum Gasteiger partial charge on any atom is -0.463 e. The number of esters is 7. The topological polar surface area (TPSA) is 270 Å². The third-order valence-corrected chi connectivity index (χ3v) is 11.5. The molecule has 0 radical (unpaired) electrons. The molecule has 0 unspecified atom stereocenters. The van der Waals surface area contributed by atoms with Gasteiger partial charge in [0.25, 0.3) is 0 Å². The fraction of sp³-hybridized carbons (Fsp3) is 0.291. The Labute approximate surface area is 435 Å². The van der Waals surface area contributed by atoms with Gasteiger partial charge in [-0.3, -0.25) is 9.59 Å². The summed E-state index contributed by atoms with van der Waals surface area (Å²) in [4.78, 5) is 99.3. The van der Waals surface area contributed by atoms with Gasteiger partial charge in [0.15, 0.2) is 43.1 Å². The number of azide groups is 1. The van der Waals surface area contributed by atoms with E-state index in [1.165, 1.54) is 72.8 Å². The van der Waals surface area contributed by atoms with Gasteiger partial charge in [-0.25, -0.2) is 24.0 Å². The quantitative estimate of drug-likeness (QED) is 0.0177. The van der Waals surface area contributed by atoms with E-state index in [0.717, 1.165) is 13.8 Å². The van der Waals surface area contributed by atoms with Gasteiger partial charge in [0, 0.05) is 18.8 Å². The average molecular weight is 1040 g/mol. The molecule has 0 aliphatic carbocycles. The summed E-state index contributed by atoms with van der Waals surface area (Å²) in [6, 6.07) is 36.9. The summed E-state index contributed by atoms with van der Waals surface area (Å²) in [5.74, 6) is -6.63. The monoisotopic (exact) mass is 1040 g/mol. The maximum Gasteiger partial charge on any atom is 0.338 e. The Morgan fingerprint density at radius 1 is 0.513 bits per heavy atom. The number of nitrogens with zero attached hydrogens (tertiary/aromatic N) is 3. The molecule has 7 rings (SSSR count). The minimum absolute atomic E-state index is 0.00220. The molecule has 394 valence electrons. The Morgan fingerprint density at radius 2 is 0.947 bits per heavy atom. The van der Waals surface area contributed by atoms with E-state index in [1.54, 1.807) is 78.9 Å². The highest BCUT2D eigenvalue weighted by Gasteiger charge is 2.58. The van der Waals surface area contributed by atoms with Crippen molar-refractivity contribution in [2.45, 2.75) is 81.8 Å². The Hall–Kier alpha value is -8.72. The maximum atomic E-state index is 14.5. The molecule has 21 nitrogen and oxygen atoms in total. The first kappa shape index (κ1) is 55.0. The average Bonchev–Trinajstić information content (AvgIpc) is 3.44. The number of rotatable bonds is 21. The number of carbonyl (C=O) groups excluding carboxylic acids is 7. The van der Waals surface area contributed by atoms with Gasteiger partial charge in [-0.05, 0) is 65.7 Å². The molecular formula is C55H51N3O18. The summed E-state index contributed by atoms with van der Waals surface area (Å²) in [5.41, 5.74) is 9.43. The van der Waals surface area contributed by atoms with Crippen LogP contribution in [0.4, 0.5) is 0 Å². The van der Waals surface area contributed by atoms with Crippen molar-refractivity contribution in [2.24, 2.45) is 5.11 Å². The van der Waals surface area contributed by atoms with Gasteiger partial charge in [-0.15, -0.1) is 6.58 Å². The summed E-state index contributed by atoms with van der Waals surface area (Å²) >= 11 is 0. The van der Waals surface area contributed by atoms with E-state index in [-0.39, 0.29) is 46.5 Å². The lowest BCUT2D eigenvalue weighted by Gasteiger charge is -2.48. The molecule has 10 atom stereocenters. The van der Waals surface area contributed by atoms with Crippen LogP contribution in [-0.4, -0.2) is 123 Å². The van der Waals surface area contributed by atoms with E-state index < -0.39 is 116 Å². The highest BCUT2D eigenvalue weighted by molar-refractivity contribution is 5.92. The molecule has 0 aromatic heterocycles. The van der Waals surface area contributed by atoms with Gasteiger partial charge in [0.2, 0.25) is 0 Å². The lowest BCUT2D eigenvalue weighted by atomic mass is 9.95. The van der Waals surface area contributed by atoms with E-state index in [1.807, 2.05) is 0 Å². The first-order chi connectivity index (χ1) is 36.8. The predicted octanol–water partition coefficient (Wildman–Crippen LogP) is 7.09. The Bertz CT molecular complexity index is 2870. The van der Waals surface area contributed by atoms with E-state index in [9.17, 15) is 33.6 Å². The minimum atomic E-state index is -2.07. The zero-order valence-electron chi connectivity index (χ0n) is 40.9. The molecule has 2 aliphatic heterocycles. The number of ether oxygens (including phenoxy) is 11. The normalized spacial score (nSPS) is 22.7. The third kappa shape index (κ3) is 14.5. The summed E-state index contributed by atoms with van der Waals surface area (Å²) < 4.78 is 67.6. The van der Waals surface area contributed by atoms with Gasteiger partial charge < -0.3 is 52.1 Å². The van der Waals surface area contributed by atoms with Crippen molar-refractivity contribution in [3.8, 4) is 0 Å². The van der Waals surface area contributed by atoms with Crippen molar-refractivity contribution >= 4 is 41.8 Å². The molecule has 0 spiro atoms. The molecule has 5 aromatic carbocycles. The van der Waals surface area contributed by atoms with E-state index >= 15 is 0 Å². The second kappa shape index (κ2) is 27.0. The summed E-state index contributed by atoms with van der Waals surface area (Å²) in [5, 5.41) is 3.59. The van der Waals surface area contributed by atoms with Crippen LogP contribution < -0.4 is 0 Å². The highest BCUT2D eigenvalue weighted by atomic mass is 16.8. The molecule has 0 bridgehead atoms. The van der Waals surface area contributed by atoms with Crippen LogP contribution in [0.15, 0.2) is 163 Å². The predicted molar refractivity (Wildman–Crippen MR) is 263 cm³/mol. The van der Waals surface area contributed by atoms with Gasteiger partial charge in [-0.1, -0.05) is 102 Å². The van der Waals surface area contributed by atoms with Crippen LogP contribution >= 0.6 is 0 Å². The van der Waals surface area contributed by atoms with Crippen molar-refractivity contribution in [1.82, 2.24) is 0 Å². The molecule has 5 aromatic rings. The van der Waals surface area contributed by atoms with Crippen LogP contribution in [0.25, 0.3) is 10.4 Å². The van der Waals surface area contributed by atoms with Crippen LogP contribution in [0.5, 0.6) is 0 Å². The second-order valence-electron chi connectivity index (χ2n) is 16.8. The molecular weight excluding hydrogens is 991 g/mol. The van der Waals surface area contributed by atoms with Crippen molar-refractivity contribution in [3.63, 3.8) is 0 Å². The van der Waals surface area contributed by atoms with Crippen LogP contribution in [0.2, 0.25) is 0 Å². The molecule has 0 amide bonds. The van der Waals surface area contributed by atoms with Gasteiger partial charge in [0.1, 0.15) is 31.5 Å². The van der Waals surface area contributed by atoms with Gasteiger partial charge >= 0.3 is 41.8 Å². The number of hydrogen-bond donors (Lipinski definition) is 0. The molecule has 2 saturated heterocycles. The fourth-order valence-electron chi connectivity index (χ4n) is 8.07. The second-order valence-corrected chi connectivity index (χ2v) is 16.8. The SMILES string of the molecule is C=CCO[C@H]1O[C@H](COC(C)=O)[C@@H](OC(C)=O)[C@H](O[C@@H]2O[C@H](COC(=O)c3ccccc3)[C@@H](OC(=O)c3ccccc3)[C@H](OC(=O)c3ccccc3)[C@H]2OC(=O)c2ccccc2)[C@H]1OC(=O)c1ccccc1CN=[N+]=[N-]. The largest absolute Gasteiger partial charge is 0.463 e. The summed E-state index contributed by atoms with van der Waals surface area (Å²) in [7, 11) is 0. The smallest absolute Gasteiger partial charge is 0.338 e. The van der Waals surface area contributed by atoms with Crippen molar-refractivity contribution in [3.05, 3.63) is 202 Å². The van der Waals surface area contributed by atoms with E-state index in [4.69, 9.17) is 57.6 Å². The molecule has 76 heavy (non-hydrogen) atoms. The van der Waals surface area contributed by atoms with Gasteiger partial charge in [0.05, 0.1) is 41.0 Å². The Morgan fingerprint density at radius 3 is 1.46 bits per heavy atom. The molecule has 2 fully saturated rings. The standard InChI is InChI=1S/C55H51N3O18/c1-4-29-66-54-47(75-53(65)40-28-18-17-27-39(40)30-57-58-56)46(43(69-34(3)60)41(70-54)31-67-33(2)59)76-55-48(74-52(64)38-25-15-8-16-26-38)45(73-51(63)37-23-13-7-14-24-37)44(72-50(62)36-21-11-6-12-22-36)42(71-55)32-68-49(61)35-19-9-5-10-20-35/h4-28,41-48,54-55H,1,29-32H2,2-3H3/t41-,42-,43-,44-,45+,46+,47-,48-,54+,55+/m1/s1. The Balaban J connectivity index is 1.41. The molecule has 0 N–H and O–H groups in total. The first-order valence-electron chi connectivity index (χ1n) is 23.6. The molecule has 21 heteroatoms. The lowest BCUT2D eigenvalue weighted by Crippen LogP contribution is -2.67. The van der Waals surface area contributed by atoms with Crippen molar-refractivity contribution in [2.75, 3.05) is 19.8 Å². The van der Waals surface area contributed by atoms with Crippen molar-refractivity contribution in [1.29, 1.82) is 0 Å². The Kier molecular flexibility index (Phi) is 19.6. The number of carbonyl (C=O) groups is 7. The van der Waals surface area contributed by atoms with Crippen LogP contribution in [0, 0.1) is 0 Å². The fourth-order valence-corrected chi connectivity index (χ4v) is 8.07. The van der Waals surface area contributed by atoms with Crippen LogP contribution in [0.1, 0.15) is 71.2 Å². The zero-order valence-corrected chi connectivity index (χ0v) is 40.9. The molecule has 2 aliphatic rings. The highest BCUT2D eigenvalue weighted by Crippen LogP contribution is 2.37. The first-order valence-corrected chi connectivity index (χ1v) is 23.6. The number of benzene rings is 5. The third-order valence-electron chi connectivity index (χ3n) is 11.5. The van der Waals surface area contributed by atoms with E-state index in [2.05, 4.69) is 16.6 Å². The zero-order chi connectivity index (χ0) is 54.0. The molecule has 2 heterocycles. The lowest BCUT2D eigenvalue weighted by molar-refractivity contribution is -0.357. The van der Waals surface area contributed by atoms with Crippen LogP contribution in [0.3, 0.4) is 0 Å². The summed E-state index contributed by atoms with van der Waals surface area (Å²) in [6.45, 7) is 3.98. The van der Waals surface area contributed by atoms with Crippen LogP contribution in [-0.2, 0) is 68.2 Å². The summed E-state index contributed by atoms with van der Waals surface area (Å²) in [6.07, 6.45) is -16.6. The van der Waals surface area contributed by atoms with E-state index in [0.29, 0.717) is 0 Å². The number of hydrogen-bond acceptors (Lipinski definition) is 19. The molecule has 0 saturated carbocycles.